The molecular formula is C12H15BrO3. The molecule has 0 spiro atoms. The van der Waals surface area contributed by atoms with E-state index < -0.39 is 0 Å². The second-order valence-electron chi connectivity index (χ2n) is 3.20. The van der Waals surface area contributed by atoms with Crippen LogP contribution in [0.15, 0.2) is 16.6 Å². The monoisotopic (exact) mass is 286 g/mol. The molecule has 0 bridgehead atoms. The number of carbonyl (C=O) groups is 1. The average molecular weight is 287 g/mol. The average Bonchev–Trinajstić information content (AvgIpc) is 2.30. The lowest BCUT2D eigenvalue weighted by Crippen LogP contribution is -2.01. The number of carbonyl (C=O) groups excluding carboxylic acids is 1. The van der Waals surface area contributed by atoms with Gasteiger partial charge in [-0.3, -0.25) is 4.79 Å². The first kappa shape index (κ1) is 13.0. The van der Waals surface area contributed by atoms with Crippen LogP contribution in [0, 0.1) is 0 Å². The number of hydrogen-bond acceptors (Lipinski definition) is 3. The Labute approximate surface area is 104 Å². The molecule has 0 amide bonds. The van der Waals surface area contributed by atoms with Crippen molar-refractivity contribution in [2.75, 3.05) is 13.7 Å². The largest absolute Gasteiger partial charge is 0.493 e. The molecule has 0 radical (unpaired) electrons. The number of ether oxygens (including phenoxy) is 2. The zero-order chi connectivity index (χ0) is 12.1. The van der Waals surface area contributed by atoms with E-state index in [0.29, 0.717) is 30.1 Å². The van der Waals surface area contributed by atoms with Gasteiger partial charge in [0.2, 0.25) is 0 Å². The fourth-order valence-corrected chi connectivity index (χ4v) is 1.93. The maximum Gasteiger partial charge on any atom is 0.175 e. The fourth-order valence-electron chi connectivity index (χ4n) is 1.37. The molecule has 0 aliphatic heterocycles. The quantitative estimate of drug-likeness (QED) is 0.778. The van der Waals surface area contributed by atoms with E-state index in [1.807, 2.05) is 13.8 Å². The molecule has 0 atom stereocenters. The van der Waals surface area contributed by atoms with Crippen molar-refractivity contribution in [2.45, 2.75) is 20.3 Å². The summed E-state index contributed by atoms with van der Waals surface area (Å²) in [5.74, 6) is 1.30. The second kappa shape index (κ2) is 5.89. The van der Waals surface area contributed by atoms with Crippen molar-refractivity contribution in [2.24, 2.45) is 0 Å². The van der Waals surface area contributed by atoms with Gasteiger partial charge < -0.3 is 9.47 Å². The first-order valence-corrected chi connectivity index (χ1v) is 5.96. The molecule has 16 heavy (non-hydrogen) atoms. The van der Waals surface area contributed by atoms with Crippen molar-refractivity contribution < 1.29 is 14.3 Å². The van der Waals surface area contributed by atoms with Gasteiger partial charge in [0.1, 0.15) is 0 Å². The molecule has 0 aliphatic rings. The van der Waals surface area contributed by atoms with E-state index in [-0.39, 0.29) is 5.78 Å². The van der Waals surface area contributed by atoms with Gasteiger partial charge in [-0.15, -0.1) is 0 Å². The zero-order valence-corrected chi connectivity index (χ0v) is 11.3. The van der Waals surface area contributed by atoms with E-state index in [1.165, 1.54) is 0 Å². The predicted octanol–water partition coefficient (Wildman–Crippen LogP) is 3.45. The minimum absolute atomic E-state index is 0.0852. The summed E-state index contributed by atoms with van der Waals surface area (Å²) in [4.78, 5) is 11.6. The predicted molar refractivity (Wildman–Crippen MR) is 66.5 cm³/mol. The highest BCUT2D eigenvalue weighted by molar-refractivity contribution is 9.10. The van der Waals surface area contributed by atoms with E-state index in [4.69, 9.17) is 9.47 Å². The van der Waals surface area contributed by atoms with Gasteiger partial charge >= 0.3 is 0 Å². The maximum atomic E-state index is 11.6. The minimum Gasteiger partial charge on any atom is -0.493 e. The zero-order valence-electron chi connectivity index (χ0n) is 9.67. The van der Waals surface area contributed by atoms with Crippen molar-refractivity contribution >= 4 is 21.7 Å². The highest BCUT2D eigenvalue weighted by atomic mass is 79.9. The fraction of sp³-hybridized carbons (Fsp3) is 0.417. The van der Waals surface area contributed by atoms with Gasteiger partial charge in [0.25, 0.3) is 0 Å². The van der Waals surface area contributed by atoms with Gasteiger partial charge in [0.15, 0.2) is 17.3 Å². The van der Waals surface area contributed by atoms with Crippen LogP contribution in [0.2, 0.25) is 0 Å². The van der Waals surface area contributed by atoms with Crippen molar-refractivity contribution in [1.82, 2.24) is 0 Å². The van der Waals surface area contributed by atoms with Gasteiger partial charge in [-0.1, -0.05) is 6.92 Å². The van der Waals surface area contributed by atoms with Gasteiger partial charge in [0.05, 0.1) is 18.2 Å². The first-order valence-electron chi connectivity index (χ1n) is 5.17. The van der Waals surface area contributed by atoms with Crippen LogP contribution in [0.3, 0.4) is 0 Å². The van der Waals surface area contributed by atoms with Gasteiger partial charge in [-0.05, 0) is 35.0 Å². The maximum absolute atomic E-state index is 11.6. The molecule has 0 saturated heterocycles. The summed E-state index contributed by atoms with van der Waals surface area (Å²) in [6, 6.07) is 3.47. The molecule has 0 unspecified atom stereocenters. The van der Waals surface area contributed by atoms with E-state index in [1.54, 1.807) is 19.2 Å². The van der Waals surface area contributed by atoms with E-state index >= 15 is 0 Å². The van der Waals surface area contributed by atoms with E-state index in [9.17, 15) is 4.79 Å². The van der Waals surface area contributed by atoms with Crippen molar-refractivity contribution in [3.8, 4) is 11.5 Å². The third kappa shape index (κ3) is 2.76. The minimum atomic E-state index is 0.0852. The summed E-state index contributed by atoms with van der Waals surface area (Å²) >= 11 is 3.38. The molecule has 0 aliphatic carbocycles. The lowest BCUT2D eigenvalue weighted by atomic mass is 10.1. The number of benzene rings is 1. The molecule has 3 nitrogen and oxygen atoms in total. The number of ketones is 1. The van der Waals surface area contributed by atoms with E-state index in [2.05, 4.69) is 15.9 Å². The standard InChI is InChI=1S/C12H15BrO3/c1-4-10(14)8-6-9(13)12(16-5-2)11(7-8)15-3/h6-7H,4-5H2,1-3H3. The Morgan fingerprint density at radius 3 is 2.56 bits per heavy atom. The topological polar surface area (TPSA) is 35.5 Å². The number of methoxy groups -OCH3 is 1. The lowest BCUT2D eigenvalue weighted by Gasteiger charge is -2.12. The summed E-state index contributed by atoms with van der Waals surface area (Å²) in [5, 5.41) is 0. The molecule has 1 rings (SSSR count). The summed E-state index contributed by atoms with van der Waals surface area (Å²) in [7, 11) is 1.56. The van der Waals surface area contributed by atoms with Crippen molar-refractivity contribution in [1.29, 1.82) is 0 Å². The Hall–Kier alpha value is -1.03. The van der Waals surface area contributed by atoms with Crippen molar-refractivity contribution in [3.63, 3.8) is 0 Å². The van der Waals surface area contributed by atoms with Crippen LogP contribution in [0.5, 0.6) is 11.5 Å². The molecule has 0 aromatic heterocycles. The molecule has 0 heterocycles. The summed E-state index contributed by atoms with van der Waals surface area (Å²) in [6.45, 7) is 4.28. The normalized spacial score (nSPS) is 10.0. The molecule has 0 saturated carbocycles. The SMILES string of the molecule is CCOc1c(Br)cc(C(=O)CC)cc1OC. The van der Waals surface area contributed by atoms with Gasteiger partial charge in [-0.25, -0.2) is 0 Å². The summed E-state index contributed by atoms with van der Waals surface area (Å²) in [5.41, 5.74) is 0.634. The van der Waals surface area contributed by atoms with Crippen LogP contribution < -0.4 is 9.47 Å². The Kier molecular flexibility index (Phi) is 4.80. The molecule has 0 fully saturated rings. The first-order chi connectivity index (χ1) is 7.63. The smallest absolute Gasteiger partial charge is 0.175 e. The van der Waals surface area contributed by atoms with E-state index in [0.717, 1.165) is 4.47 Å². The van der Waals surface area contributed by atoms with Crippen molar-refractivity contribution in [3.05, 3.63) is 22.2 Å². The molecule has 4 heteroatoms. The van der Waals surface area contributed by atoms with Crippen LogP contribution in [-0.2, 0) is 0 Å². The van der Waals surface area contributed by atoms with Crippen LogP contribution in [0.1, 0.15) is 30.6 Å². The van der Waals surface area contributed by atoms with Gasteiger partial charge in [-0.2, -0.15) is 0 Å². The van der Waals surface area contributed by atoms with Crippen LogP contribution in [0.4, 0.5) is 0 Å². The summed E-state index contributed by atoms with van der Waals surface area (Å²) in [6.07, 6.45) is 0.476. The highest BCUT2D eigenvalue weighted by Crippen LogP contribution is 2.36. The molecule has 1 aromatic carbocycles. The Morgan fingerprint density at radius 2 is 2.06 bits per heavy atom. The second-order valence-corrected chi connectivity index (χ2v) is 4.05. The number of Topliss-reactive ketones (excluding diaryl/α,β-unsaturated/α-hetero) is 1. The number of rotatable bonds is 5. The molecule has 1 aromatic rings. The third-order valence-electron chi connectivity index (χ3n) is 2.16. The highest BCUT2D eigenvalue weighted by Gasteiger charge is 2.14. The number of halogens is 1. The molecular weight excluding hydrogens is 272 g/mol. The molecule has 0 N–H and O–H groups in total. The van der Waals surface area contributed by atoms with Crippen LogP contribution in [0.25, 0.3) is 0 Å². The molecule has 88 valence electrons. The van der Waals surface area contributed by atoms with Crippen LogP contribution in [-0.4, -0.2) is 19.5 Å². The Morgan fingerprint density at radius 1 is 1.38 bits per heavy atom. The lowest BCUT2D eigenvalue weighted by molar-refractivity contribution is 0.0987. The Balaban J connectivity index is 3.20. The Bertz CT molecular complexity index is 388. The van der Waals surface area contributed by atoms with Gasteiger partial charge in [0, 0.05) is 12.0 Å². The summed E-state index contributed by atoms with van der Waals surface area (Å²) < 4.78 is 11.4. The van der Waals surface area contributed by atoms with Crippen LogP contribution >= 0.6 is 15.9 Å². The third-order valence-corrected chi connectivity index (χ3v) is 2.75. The number of hydrogen-bond donors (Lipinski definition) is 0.